The summed E-state index contributed by atoms with van der Waals surface area (Å²) in [5.41, 5.74) is 2.24. The molecule has 0 unspecified atom stereocenters. The molecule has 0 spiro atoms. The molecule has 0 aliphatic heterocycles. The second kappa shape index (κ2) is 9.94. The highest BCUT2D eigenvalue weighted by Crippen LogP contribution is 2.20. The lowest BCUT2D eigenvalue weighted by atomic mass is 10.1. The van der Waals surface area contributed by atoms with Crippen molar-refractivity contribution in [3.63, 3.8) is 0 Å². The third-order valence-corrected chi connectivity index (χ3v) is 4.22. The summed E-state index contributed by atoms with van der Waals surface area (Å²) in [6.07, 6.45) is 0.764. The minimum Gasteiger partial charge on any atom is -0.484 e. The lowest BCUT2D eigenvalue weighted by Crippen LogP contribution is -2.30. The van der Waals surface area contributed by atoms with Crippen LogP contribution in [0, 0.1) is 0 Å². The zero-order valence-electron chi connectivity index (χ0n) is 14.8. The highest BCUT2D eigenvalue weighted by molar-refractivity contribution is 6.30. The predicted molar refractivity (Wildman–Crippen MR) is 104 cm³/mol. The number of ether oxygens (including phenoxy) is 1. The van der Waals surface area contributed by atoms with E-state index in [0.717, 1.165) is 30.8 Å². The van der Waals surface area contributed by atoms with Gasteiger partial charge in [-0.15, -0.1) is 0 Å². The normalized spacial score (nSPS) is 10.4. The maximum absolute atomic E-state index is 11.9. The summed E-state index contributed by atoms with van der Waals surface area (Å²) in [6, 6.07) is 15.5. The van der Waals surface area contributed by atoms with Crippen LogP contribution in [0.5, 0.6) is 5.75 Å². The molecule has 0 aliphatic rings. The maximum atomic E-state index is 11.9. The van der Waals surface area contributed by atoms with Gasteiger partial charge in [0.05, 0.1) is 0 Å². The molecule has 1 N–H and O–H groups in total. The van der Waals surface area contributed by atoms with E-state index in [-0.39, 0.29) is 12.5 Å². The predicted octanol–water partition coefficient (Wildman–Crippen LogP) is 3.92. The second-order valence-electron chi connectivity index (χ2n) is 5.68. The van der Waals surface area contributed by atoms with E-state index in [0.29, 0.717) is 17.3 Å². The van der Waals surface area contributed by atoms with Gasteiger partial charge in [-0.3, -0.25) is 4.79 Å². The van der Waals surface area contributed by atoms with E-state index in [2.05, 4.69) is 24.1 Å². The van der Waals surface area contributed by atoms with Crippen LogP contribution in [0.1, 0.15) is 19.4 Å². The number of hydrogen-bond acceptors (Lipinski definition) is 3. The van der Waals surface area contributed by atoms with E-state index in [1.165, 1.54) is 0 Å². The molecule has 2 aromatic carbocycles. The zero-order valence-corrected chi connectivity index (χ0v) is 15.6. The van der Waals surface area contributed by atoms with Crippen molar-refractivity contribution >= 4 is 23.2 Å². The molecular formula is C20H25ClN2O2. The Labute approximate surface area is 154 Å². The minimum absolute atomic E-state index is 0.0162. The van der Waals surface area contributed by atoms with E-state index in [1.54, 1.807) is 0 Å². The Morgan fingerprint density at radius 1 is 1.12 bits per heavy atom. The van der Waals surface area contributed by atoms with Crippen LogP contribution < -0.4 is 15.0 Å². The van der Waals surface area contributed by atoms with Gasteiger partial charge in [0.25, 0.3) is 5.91 Å². The van der Waals surface area contributed by atoms with Gasteiger partial charge in [-0.2, -0.15) is 0 Å². The molecule has 4 nitrogen and oxygen atoms in total. The zero-order chi connectivity index (χ0) is 18.1. The van der Waals surface area contributed by atoms with Crippen LogP contribution in [0.4, 0.5) is 5.69 Å². The Morgan fingerprint density at radius 2 is 1.84 bits per heavy atom. The van der Waals surface area contributed by atoms with E-state index in [4.69, 9.17) is 16.3 Å². The first-order valence-electron chi connectivity index (χ1n) is 8.61. The molecule has 0 aliphatic carbocycles. The smallest absolute Gasteiger partial charge is 0.257 e. The fraction of sp³-hybridized carbons (Fsp3) is 0.350. The molecule has 0 fully saturated rings. The standard InChI is InChI=1S/C20H25ClN2O2/c1-3-23(4-2)18-6-5-7-19(14-18)25-15-20(24)22-13-12-16-8-10-17(21)11-9-16/h5-11,14H,3-4,12-13,15H2,1-2H3,(H,22,24). The number of hydrogen-bond donors (Lipinski definition) is 1. The molecule has 2 aromatic rings. The van der Waals surface area contributed by atoms with Gasteiger partial charge in [0.15, 0.2) is 6.61 Å². The van der Waals surface area contributed by atoms with Gasteiger partial charge in [0, 0.05) is 36.4 Å². The summed E-state index contributed by atoms with van der Waals surface area (Å²) in [6.45, 7) is 6.69. The van der Waals surface area contributed by atoms with E-state index >= 15 is 0 Å². The van der Waals surface area contributed by atoms with Crippen LogP contribution in [0.2, 0.25) is 5.02 Å². The number of rotatable bonds is 9. The molecule has 134 valence electrons. The van der Waals surface area contributed by atoms with E-state index < -0.39 is 0 Å². The van der Waals surface area contributed by atoms with Crippen LogP contribution in [0.15, 0.2) is 48.5 Å². The summed E-state index contributed by atoms with van der Waals surface area (Å²) in [7, 11) is 0. The Hall–Kier alpha value is -2.20. The molecule has 5 heteroatoms. The maximum Gasteiger partial charge on any atom is 0.257 e. The van der Waals surface area contributed by atoms with Gasteiger partial charge in [0.1, 0.15) is 5.75 Å². The lowest BCUT2D eigenvalue weighted by Gasteiger charge is -2.21. The fourth-order valence-electron chi connectivity index (χ4n) is 2.56. The van der Waals surface area contributed by atoms with Gasteiger partial charge in [-0.25, -0.2) is 0 Å². The number of amides is 1. The molecule has 0 saturated heterocycles. The van der Waals surface area contributed by atoms with Crippen molar-refractivity contribution in [2.24, 2.45) is 0 Å². The topological polar surface area (TPSA) is 41.6 Å². The Morgan fingerprint density at radius 3 is 2.52 bits per heavy atom. The Kier molecular flexibility index (Phi) is 7.61. The van der Waals surface area contributed by atoms with Crippen LogP contribution in [-0.4, -0.2) is 32.1 Å². The number of anilines is 1. The molecule has 1 amide bonds. The fourth-order valence-corrected chi connectivity index (χ4v) is 2.68. The number of nitrogens with one attached hydrogen (secondary N) is 1. The quantitative estimate of drug-likeness (QED) is 0.736. The van der Waals surface area contributed by atoms with Gasteiger partial charge >= 0.3 is 0 Å². The Balaban J connectivity index is 1.76. The molecule has 0 radical (unpaired) electrons. The van der Waals surface area contributed by atoms with Crippen LogP contribution in [0.3, 0.4) is 0 Å². The summed E-state index contributed by atoms with van der Waals surface area (Å²) < 4.78 is 5.61. The van der Waals surface area contributed by atoms with Crippen LogP contribution >= 0.6 is 11.6 Å². The third kappa shape index (κ3) is 6.31. The highest BCUT2D eigenvalue weighted by Gasteiger charge is 2.06. The van der Waals surface area contributed by atoms with Crippen molar-refractivity contribution in [2.75, 3.05) is 31.1 Å². The second-order valence-corrected chi connectivity index (χ2v) is 6.12. The largest absolute Gasteiger partial charge is 0.484 e. The Bertz CT molecular complexity index is 670. The number of carbonyl (C=O) groups excluding carboxylic acids is 1. The number of benzene rings is 2. The van der Waals surface area contributed by atoms with Crippen LogP contribution in [-0.2, 0) is 11.2 Å². The first kappa shape index (κ1) is 19.1. The number of nitrogens with zero attached hydrogens (tertiary/aromatic N) is 1. The average Bonchev–Trinajstić information content (AvgIpc) is 2.63. The molecule has 0 heterocycles. The van der Waals surface area contributed by atoms with Gasteiger partial charge < -0.3 is 15.0 Å². The van der Waals surface area contributed by atoms with Crippen molar-refractivity contribution in [1.82, 2.24) is 5.32 Å². The molecule has 0 bridgehead atoms. The molecule has 2 rings (SSSR count). The first-order chi connectivity index (χ1) is 12.1. The molecule has 0 aromatic heterocycles. The van der Waals surface area contributed by atoms with E-state index in [1.807, 2.05) is 48.5 Å². The van der Waals surface area contributed by atoms with Gasteiger partial charge in [-0.1, -0.05) is 29.8 Å². The van der Waals surface area contributed by atoms with Gasteiger partial charge in [-0.05, 0) is 50.1 Å². The summed E-state index contributed by atoms with van der Waals surface area (Å²) >= 11 is 5.86. The highest BCUT2D eigenvalue weighted by atomic mass is 35.5. The van der Waals surface area contributed by atoms with Gasteiger partial charge in [0.2, 0.25) is 0 Å². The minimum atomic E-state index is -0.123. The monoisotopic (exact) mass is 360 g/mol. The molecule has 0 atom stereocenters. The summed E-state index contributed by atoms with van der Waals surface area (Å²) in [5, 5.41) is 3.58. The lowest BCUT2D eigenvalue weighted by molar-refractivity contribution is -0.123. The summed E-state index contributed by atoms with van der Waals surface area (Å²) in [4.78, 5) is 14.2. The van der Waals surface area contributed by atoms with Crippen molar-refractivity contribution < 1.29 is 9.53 Å². The molecule has 25 heavy (non-hydrogen) atoms. The molecule has 0 saturated carbocycles. The summed E-state index contributed by atoms with van der Waals surface area (Å²) in [5.74, 6) is 0.583. The van der Waals surface area contributed by atoms with Crippen molar-refractivity contribution in [3.8, 4) is 5.75 Å². The average molecular weight is 361 g/mol. The van der Waals surface area contributed by atoms with Crippen molar-refractivity contribution in [3.05, 3.63) is 59.1 Å². The molecular weight excluding hydrogens is 336 g/mol. The number of carbonyl (C=O) groups is 1. The first-order valence-corrected chi connectivity index (χ1v) is 8.99. The number of halogens is 1. The van der Waals surface area contributed by atoms with Crippen LogP contribution in [0.25, 0.3) is 0 Å². The SMILES string of the molecule is CCN(CC)c1cccc(OCC(=O)NCCc2ccc(Cl)cc2)c1. The van der Waals surface area contributed by atoms with E-state index in [9.17, 15) is 4.79 Å². The van der Waals surface area contributed by atoms with Crippen molar-refractivity contribution in [1.29, 1.82) is 0 Å². The van der Waals surface area contributed by atoms with Crippen molar-refractivity contribution in [2.45, 2.75) is 20.3 Å². The third-order valence-electron chi connectivity index (χ3n) is 3.97.